The molecule has 0 amide bonds. The monoisotopic (exact) mass is 528 g/mol. The van der Waals surface area contributed by atoms with Crippen LogP contribution in [0.2, 0.25) is 0 Å². The van der Waals surface area contributed by atoms with E-state index >= 15 is 0 Å². The highest BCUT2D eigenvalue weighted by Gasteiger charge is 2.06. The molecule has 3 aromatic rings. The summed E-state index contributed by atoms with van der Waals surface area (Å²) in [5.41, 5.74) is 7.94. The Kier molecular flexibility index (Phi) is 13.1. The first kappa shape index (κ1) is 30.4. The van der Waals surface area contributed by atoms with Crippen LogP contribution < -0.4 is 21.3 Å². The van der Waals surface area contributed by atoms with Crippen LogP contribution in [0.1, 0.15) is 97.5 Å². The molecule has 3 rings (SSSR count). The van der Waals surface area contributed by atoms with Gasteiger partial charge in [0.25, 0.3) is 0 Å². The molecule has 0 heterocycles. The van der Waals surface area contributed by atoms with Gasteiger partial charge in [0.1, 0.15) is 0 Å². The lowest BCUT2D eigenvalue weighted by atomic mass is 10.1. The van der Waals surface area contributed by atoms with E-state index in [0.29, 0.717) is 12.1 Å². The molecule has 2 atom stereocenters. The maximum absolute atomic E-state index is 3.64. The molecule has 2 unspecified atom stereocenters. The Morgan fingerprint density at radius 2 is 0.949 bits per heavy atom. The van der Waals surface area contributed by atoms with Crippen LogP contribution in [0.25, 0.3) is 0 Å². The van der Waals surface area contributed by atoms with Crippen molar-refractivity contribution >= 4 is 34.1 Å². The zero-order chi connectivity index (χ0) is 27.9. The maximum atomic E-state index is 3.64. The third kappa shape index (κ3) is 11.2. The van der Waals surface area contributed by atoms with E-state index in [1.54, 1.807) is 0 Å². The van der Waals surface area contributed by atoms with Crippen LogP contribution in [0.3, 0.4) is 0 Å². The van der Waals surface area contributed by atoms with Gasteiger partial charge in [-0.25, -0.2) is 0 Å². The van der Waals surface area contributed by atoms with Crippen molar-refractivity contribution in [3.8, 4) is 0 Å². The molecule has 0 spiro atoms. The first-order valence-corrected chi connectivity index (χ1v) is 15.3. The highest BCUT2D eigenvalue weighted by Crippen LogP contribution is 2.28. The van der Waals surface area contributed by atoms with Crippen molar-refractivity contribution in [1.82, 2.24) is 0 Å². The minimum atomic E-state index is 0.495. The van der Waals surface area contributed by atoms with Gasteiger partial charge in [-0.05, 0) is 99.8 Å². The third-order valence-electron chi connectivity index (χ3n) is 7.38. The molecule has 4 nitrogen and oxygen atoms in total. The summed E-state index contributed by atoms with van der Waals surface area (Å²) in [6, 6.07) is 24.8. The van der Waals surface area contributed by atoms with Gasteiger partial charge in [0.2, 0.25) is 0 Å². The fraction of sp³-hybridized carbons (Fsp3) is 0.486. The average Bonchev–Trinajstić information content (AvgIpc) is 2.93. The first-order valence-electron chi connectivity index (χ1n) is 15.3. The molecule has 4 heteroatoms. The van der Waals surface area contributed by atoms with Crippen molar-refractivity contribution in [3.63, 3.8) is 0 Å². The Morgan fingerprint density at radius 1 is 0.513 bits per heavy atom. The van der Waals surface area contributed by atoms with Crippen LogP contribution in [0, 0.1) is 6.92 Å². The van der Waals surface area contributed by atoms with Gasteiger partial charge in [-0.1, -0.05) is 71.3 Å². The fourth-order valence-electron chi connectivity index (χ4n) is 4.92. The van der Waals surface area contributed by atoms with E-state index in [-0.39, 0.29) is 0 Å². The van der Waals surface area contributed by atoms with Gasteiger partial charge in [0, 0.05) is 46.2 Å². The quantitative estimate of drug-likeness (QED) is 0.124. The molecule has 4 N–H and O–H groups in total. The second kappa shape index (κ2) is 16.7. The Balaban J connectivity index is 1.51. The number of anilines is 6. The summed E-state index contributed by atoms with van der Waals surface area (Å²) < 4.78 is 0. The van der Waals surface area contributed by atoms with Gasteiger partial charge in [-0.2, -0.15) is 0 Å². The van der Waals surface area contributed by atoms with E-state index < -0.39 is 0 Å². The largest absolute Gasteiger partial charge is 0.383 e. The fourth-order valence-corrected chi connectivity index (χ4v) is 4.92. The minimum Gasteiger partial charge on any atom is -0.383 e. The van der Waals surface area contributed by atoms with Crippen LogP contribution in [-0.2, 0) is 0 Å². The van der Waals surface area contributed by atoms with Gasteiger partial charge in [0.05, 0.1) is 0 Å². The van der Waals surface area contributed by atoms with Crippen molar-refractivity contribution in [3.05, 3.63) is 72.3 Å². The number of nitrogens with one attached hydrogen (secondary N) is 4. The molecule has 0 saturated heterocycles. The van der Waals surface area contributed by atoms with E-state index in [2.05, 4.69) is 123 Å². The number of aryl methyl sites for hydroxylation is 1. The second-order valence-electron chi connectivity index (χ2n) is 11.2. The minimum absolute atomic E-state index is 0.495. The first-order chi connectivity index (χ1) is 19.0. The smallest absolute Gasteiger partial charge is 0.0434 e. The highest BCUT2D eigenvalue weighted by molar-refractivity contribution is 5.72. The predicted molar refractivity (Wildman–Crippen MR) is 174 cm³/mol. The summed E-state index contributed by atoms with van der Waals surface area (Å²) in [7, 11) is 0. The summed E-state index contributed by atoms with van der Waals surface area (Å²) >= 11 is 0. The van der Waals surface area contributed by atoms with E-state index in [0.717, 1.165) is 22.7 Å². The van der Waals surface area contributed by atoms with Gasteiger partial charge in [0.15, 0.2) is 0 Å². The molecule has 0 fully saturated rings. The standard InChI is InChI=1S/C35H52N4/c1-6-8-10-12-14-28(4)36-30-18-22-32(23-19-30)38-34-17-16-27(3)35(26-34)39-33-24-20-31(21-25-33)37-29(5)15-13-11-9-7-2/h16-26,28-29,36-39H,6-15H2,1-5H3. The lowest BCUT2D eigenvalue weighted by molar-refractivity contribution is 0.594. The SMILES string of the molecule is CCCCCCC(C)Nc1ccc(Nc2ccc(C)c(Nc3ccc(NC(C)CCCCCC)cc3)c2)cc1. The van der Waals surface area contributed by atoms with Crippen molar-refractivity contribution in [2.45, 2.75) is 111 Å². The van der Waals surface area contributed by atoms with Gasteiger partial charge < -0.3 is 21.3 Å². The summed E-state index contributed by atoms with van der Waals surface area (Å²) in [5.74, 6) is 0. The molecule has 0 saturated carbocycles. The number of hydrogen-bond acceptors (Lipinski definition) is 4. The Hall–Kier alpha value is -3.14. The molecule has 0 aliphatic heterocycles. The number of benzene rings is 3. The predicted octanol–water partition coefficient (Wildman–Crippen LogP) is 11.0. The number of unbranched alkanes of at least 4 members (excludes halogenated alkanes) is 6. The molecule has 0 aliphatic carbocycles. The third-order valence-corrected chi connectivity index (χ3v) is 7.38. The summed E-state index contributed by atoms with van der Waals surface area (Å²) in [6.07, 6.45) is 13.0. The molecule has 0 aliphatic rings. The number of hydrogen-bond donors (Lipinski definition) is 4. The van der Waals surface area contributed by atoms with Gasteiger partial charge in [-0.3, -0.25) is 0 Å². The number of rotatable bonds is 18. The van der Waals surface area contributed by atoms with Crippen LogP contribution in [0.4, 0.5) is 34.1 Å². The molecular weight excluding hydrogens is 476 g/mol. The van der Waals surface area contributed by atoms with Crippen molar-refractivity contribution in [1.29, 1.82) is 0 Å². The molecule has 0 aromatic heterocycles. The van der Waals surface area contributed by atoms with E-state index in [1.807, 2.05) is 0 Å². The zero-order valence-electron chi connectivity index (χ0n) is 25.1. The van der Waals surface area contributed by atoms with E-state index in [9.17, 15) is 0 Å². The Labute approximate surface area is 238 Å². The van der Waals surface area contributed by atoms with Crippen LogP contribution in [0.5, 0.6) is 0 Å². The zero-order valence-corrected chi connectivity index (χ0v) is 25.1. The molecule has 3 aromatic carbocycles. The molecule has 212 valence electrons. The van der Waals surface area contributed by atoms with Crippen molar-refractivity contribution in [2.75, 3.05) is 21.3 Å². The molecule has 39 heavy (non-hydrogen) atoms. The van der Waals surface area contributed by atoms with Gasteiger partial charge in [-0.15, -0.1) is 0 Å². The lowest BCUT2D eigenvalue weighted by Gasteiger charge is -2.17. The average molecular weight is 529 g/mol. The molecule has 0 radical (unpaired) electrons. The summed E-state index contributed by atoms with van der Waals surface area (Å²) in [4.78, 5) is 0. The molecular formula is C35H52N4. The second-order valence-corrected chi connectivity index (χ2v) is 11.2. The Bertz CT molecular complexity index is 1070. The topological polar surface area (TPSA) is 48.1 Å². The highest BCUT2D eigenvalue weighted by atomic mass is 14.9. The van der Waals surface area contributed by atoms with Crippen LogP contribution in [0.15, 0.2) is 66.7 Å². The normalized spacial score (nSPS) is 12.5. The van der Waals surface area contributed by atoms with Crippen LogP contribution in [-0.4, -0.2) is 12.1 Å². The van der Waals surface area contributed by atoms with E-state index in [4.69, 9.17) is 0 Å². The summed E-state index contributed by atoms with van der Waals surface area (Å²) in [5, 5.41) is 14.5. The lowest BCUT2D eigenvalue weighted by Crippen LogP contribution is -2.14. The van der Waals surface area contributed by atoms with Crippen LogP contribution >= 0.6 is 0 Å². The summed E-state index contributed by atoms with van der Waals surface area (Å²) in [6.45, 7) is 11.2. The Morgan fingerprint density at radius 3 is 1.44 bits per heavy atom. The van der Waals surface area contributed by atoms with Crippen molar-refractivity contribution in [2.24, 2.45) is 0 Å². The van der Waals surface area contributed by atoms with E-state index in [1.165, 1.54) is 81.1 Å². The maximum Gasteiger partial charge on any atom is 0.0434 e. The van der Waals surface area contributed by atoms with Gasteiger partial charge >= 0.3 is 0 Å². The molecule has 0 bridgehead atoms. The van der Waals surface area contributed by atoms with Crippen molar-refractivity contribution < 1.29 is 0 Å².